The van der Waals surface area contributed by atoms with E-state index in [0.717, 1.165) is 5.56 Å². The molecule has 0 aliphatic heterocycles. The minimum Gasteiger partial charge on any atom is -0.480 e. The summed E-state index contributed by atoms with van der Waals surface area (Å²) in [5.41, 5.74) is 0.720. The fourth-order valence-electron chi connectivity index (χ4n) is 1.78. The molecule has 1 unspecified atom stereocenters. The highest BCUT2D eigenvalue weighted by atomic mass is 32.2. The molecule has 4 nitrogen and oxygen atoms in total. The topological polar surface area (TPSA) is 71.4 Å². The van der Waals surface area contributed by atoms with Crippen molar-refractivity contribution in [2.75, 3.05) is 5.75 Å². The normalized spacial score (nSPS) is 13.5. The number of carboxylic acids is 1. The minimum absolute atomic E-state index is 0.0191. The van der Waals surface area contributed by atoms with Gasteiger partial charge in [-0.15, -0.1) is 0 Å². The minimum atomic E-state index is -3.62. The first-order valence-corrected chi connectivity index (χ1v) is 7.52. The first-order chi connectivity index (χ1) is 8.33. The van der Waals surface area contributed by atoms with Crippen molar-refractivity contribution in [2.24, 2.45) is 5.92 Å². The van der Waals surface area contributed by atoms with Gasteiger partial charge in [0.05, 0.1) is 5.75 Å². The van der Waals surface area contributed by atoms with Gasteiger partial charge in [-0.1, -0.05) is 44.2 Å². The number of sulfone groups is 1. The highest BCUT2D eigenvalue weighted by Gasteiger charge is 2.32. The maximum Gasteiger partial charge on any atom is 0.322 e. The third kappa shape index (κ3) is 4.14. The van der Waals surface area contributed by atoms with Crippen LogP contribution < -0.4 is 0 Å². The first kappa shape index (κ1) is 14.7. The summed E-state index contributed by atoms with van der Waals surface area (Å²) < 4.78 is 24.0. The van der Waals surface area contributed by atoms with Crippen LogP contribution in [0.4, 0.5) is 0 Å². The van der Waals surface area contributed by atoms with E-state index in [0.29, 0.717) is 0 Å². The number of hydrogen-bond donors (Lipinski definition) is 1. The van der Waals surface area contributed by atoms with Gasteiger partial charge in [0.15, 0.2) is 15.1 Å². The van der Waals surface area contributed by atoms with E-state index in [1.54, 1.807) is 38.1 Å². The monoisotopic (exact) mass is 270 g/mol. The van der Waals surface area contributed by atoms with E-state index in [9.17, 15) is 13.2 Å². The fourth-order valence-corrected chi connectivity index (χ4v) is 3.69. The molecule has 0 bridgehead atoms. The zero-order valence-electron chi connectivity index (χ0n) is 10.5. The van der Waals surface area contributed by atoms with E-state index in [-0.39, 0.29) is 18.1 Å². The van der Waals surface area contributed by atoms with Gasteiger partial charge >= 0.3 is 5.97 Å². The smallest absolute Gasteiger partial charge is 0.322 e. The van der Waals surface area contributed by atoms with Crippen LogP contribution in [0.1, 0.15) is 19.4 Å². The Morgan fingerprint density at radius 2 is 1.78 bits per heavy atom. The number of aliphatic carboxylic acids is 1. The van der Waals surface area contributed by atoms with Crippen molar-refractivity contribution in [2.45, 2.75) is 25.5 Å². The molecule has 1 aromatic rings. The quantitative estimate of drug-likeness (QED) is 0.855. The van der Waals surface area contributed by atoms with Crippen LogP contribution in [0.3, 0.4) is 0 Å². The zero-order valence-corrected chi connectivity index (χ0v) is 11.4. The highest BCUT2D eigenvalue weighted by molar-refractivity contribution is 7.92. The van der Waals surface area contributed by atoms with Gasteiger partial charge in [-0.05, 0) is 17.9 Å². The molecule has 0 fully saturated rings. The van der Waals surface area contributed by atoms with E-state index in [1.165, 1.54) is 0 Å². The van der Waals surface area contributed by atoms with Gasteiger partial charge in [0.1, 0.15) is 0 Å². The Kier molecular flexibility index (Phi) is 4.90. The number of rotatable bonds is 6. The molecule has 0 heterocycles. The molecule has 1 atom stereocenters. The lowest BCUT2D eigenvalue weighted by Crippen LogP contribution is -2.35. The van der Waals surface area contributed by atoms with Crippen LogP contribution in [0.2, 0.25) is 0 Å². The maximum atomic E-state index is 12.0. The van der Waals surface area contributed by atoms with Crippen LogP contribution in [0.25, 0.3) is 0 Å². The average molecular weight is 270 g/mol. The second kappa shape index (κ2) is 6.00. The molecule has 5 heteroatoms. The molecular weight excluding hydrogens is 252 g/mol. The van der Waals surface area contributed by atoms with Crippen LogP contribution in [-0.2, 0) is 21.1 Å². The van der Waals surface area contributed by atoms with Crippen molar-refractivity contribution in [3.8, 4) is 0 Å². The van der Waals surface area contributed by atoms with Crippen molar-refractivity contribution in [1.82, 2.24) is 0 Å². The van der Waals surface area contributed by atoms with Crippen LogP contribution >= 0.6 is 0 Å². The van der Waals surface area contributed by atoms with Crippen LogP contribution in [0.5, 0.6) is 0 Å². The third-order valence-corrected chi connectivity index (χ3v) is 4.91. The summed E-state index contributed by atoms with van der Waals surface area (Å²) in [6, 6.07) is 8.82. The van der Waals surface area contributed by atoms with Gasteiger partial charge < -0.3 is 5.11 Å². The first-order valence-electron chi connectivity index (χ1n) is 5.81. The summed E-state index contributed by atoms with van der Waals surface area (Å²) in [4.78, 5) is 11.2. The molecule has 1 aromatic carbocycles. The molecule has 1 N–H and O–H groups in total. The largest absolute Gasteiger partial charge is 0.480 e. The summed E-state index contributed by atoms with van der Waals surface area (Å²) in [7, 11) is -3.62. The number of carboxylic acid groups (broad SMARTS) is 1. The molecule has 18 heavy (non-hydrogen) atoms. The Balaban J connectivity index is 2.94. The average Bonchev–Trinajstić information content (AvgIpc) is 2.25. The zero-order chi connectivity index (χ0) is 13.8. The second-order valence-electron chi connectivity index (χ2n) is 4.74. The van der Waals surface area contributed by atoms with Gasteiger partial charge in [-0.2, -0.15) is 0 Å². The summed E-state index contributed by atoms with van der Waals surface area (Å²) in [5.74, 6) is -1.45. The Hall–Kier alpha value is -1.36. The lowest BCUT2D eigenvalue weighted by molar-refractivity contribution is -0.136. The molecule has 1 rings (SSSR count). The molecular formula is C13H18O4S. The lowest BCUT2D eigenvalue weighted by Gasteiger charge is -2.15. The van der Waals surface area contributed by atoms with Crippen molar-refractivity contribution in [3.63, 3.8) is 0 Å². The fraction of sp³-hybridized carbons (Fsp3) is 0.462. The molecule has 0 amide bonds. The Morgan fingerprint density at radius 1 is 1.22 bits per heavy atom. The number of carbonyl (C=O) groups is 1. The SMILES string of the molecule is CC(C)CS(=O)(=O)C(Cc1ccccc1)C(=O)O. The van der Waals surface area contributed by atoms with Gasteiger partial charge in [0.2, 0.25) is 0 Å². The van der Waals surface area contributed by atoms with E-state index in [4.69, 9.17) is 5.11 Å². The van der Waals surface area contributed by atoms with Crippen molar-refractivity contribution < 1.29 is 18.3 Å². The molecule has 0 aliphatic carbocycles. The summed E-state index contributed by atoms with van der Waals surface area (Å²) in [6.07, 6.45) is 0.0191. The molecule has 0 aromatic heterocycles. The second-order valence-corrected chi connectivity index (χ2v) is 6.97. The van der Waals surface area contributed by atoms with E-state index in [1.807, 2.05) is 6.07 Å². The van der Waals surface area contributed by atoms with E-state index in [2.05, 4.69) is 0 Å². The number of benzene rings is 1. The van der Waals surface area contributed by atoms with E-state index >= 15 is 0 Å². The predicted molar refractivity (Wildman–Crippen MR) is 70.2 cm³/mol. The molecule has 0 saturated carbocycles. The standard InChI is InChI=1S/C13H18O4S/c1-10(2)9-18(16,17)12(13(14)15)8-11-6-4-3-5-7-11/h3-7,10,12H,8-9H2,1-2H3,(H,14,15). The Morgan fingerprint density at radius 3 is 2.22 bits per heavy atom. The van der Waals surface area contributed by atoms with Crippen molar-refractivity contribution >= 4 is 15.8 Å². The van der Waals surface area contributed by atoms with Gasteiger partial charge in [-0.3, -0.25) is 4.79 Å². The van der Waals surface area contributed by atoms with Crippen LogP contribution in [0, 0.1) is 5.92 Å². The molecule has 0 spiro atoms. The van der Waals surface area contributed by atoms with Crippen LogP contribution in [0.15, 0.2) is 30.3 Å². The van der Waals surface area contributed by atoms with Crippen LogP contribution in [-0.4, -0.2) is 30.5 Å². The molecule has 0 radical (unpaired) electrons. The summed E-state index contributed by atoms with van der Waals surface area (Å²) in [6.45, 7) is 3.53. The Labute approximate surface area is 108 Å². The molecule has 0 aliphatic rings. The maximum absolute atomic E-state index is 12.0. The Bertz CT molecular complexity index is 491. The number of hydrogen-bond acceptors (Lipinski definition) is 3. The summed E-state index contributed by atoms with van der Waals surface area (Å²) in [5, 5.41) is 7.74. The van der Waals surface area contributed by atoms with E-state index < -0.39 is 21.1 Å². The third-order valence-electron chi connectivity index (χ3n) is 2.54. The van der Waals surface area contributed by atoms with Gasteiger partial charge in [0, 0.05) is 0 Å². The molecule has 100 valence electrons. The summed E-state index contributed by atoms with van der Waals surface area (Å²) >= 11 is 0. The lowest BCUT2D eigenvalue weighted by atomic mass is 10.1. The predicted octanol–water partition coefficient (Wildman–Crippen LogP) is 1.75. The van der Waals surface area contributed by atoms with Crippen molar-refractivity contribution in [3.05, 3.63) is 35.9 Å². The van der Waals surface area contributed by atoms with Gasteiger partial charge in [-0.25, -0.2) is 8.42 Å². The molecule has 0 saturated heterocycles. The van der Waals surface area contributed by atoms with Gasteiger partial charge in [0.25, 0.3) is 0 Å². The highest BCUT2D eigenvalue weighted by Crippen LogP contribution is 2.14. The van der Waals surface area contributed by atoms with Crippen molar-refractivity contribution in [1.29, 1.82) is 0 Å².